The number of anilines is 1. The Morgan fingerprint density at radius 3 is 2.43 bits per heavy atom. The Bertz CT molecular complexity index is 522. The minimum absolute atomic E-state index is 0.214. The molecule has 0 radical (unpaired) electrons. The van der Waals surface area contributed by atoms with Gasteiger partial charge in [-0.2, -0.15) is 5.10 Å². The van der Waals surface area contributed by atoms with E-state index in [1.807, 2.05) is 20.8 Å². The van der Waals surface area contributed by atoms with Crippen LogP contribution in [-0.4, -0.2) is 34.2 Å². The van der Waals surface area contributed by atoms with Crippen molar-refractivity contribution in [2.45, 2.75) is 40.2 Å². The van der Waals surface area contributed by atoms with E-state index in [-0.39, 0.29) is 11.6 Å². The number of rotatable bonds is 6. The lowest BCUT2D eigenvalue weighted by Gasteiger charge is -2.15. The van der Waals surface area contributed by atoms with Gasteiger partial charge in [0.15, 0.2) is 0 Å². The largest absolute Gasteiger partial charge is 0.395 e. The molecule has 7 nitrogen and oxygen atoms in total. The number of amides is 2. The highest BCUT2D eigenvalue weighted by atomic mass is 16.2. The molecule has 0 aromatic carbocycles. The van der Waals surface area contributed by atoms with Gasteiger partial charge < -0.3 is 16.4 Å². The summed E-state index contributed by atoms with van der Waals surface area (Å²) in [5.74, 6) is -0.250. The molecule has 1 unspecified atom stereocenters. The molecule has 0 bridgehead atoms. The van der Waals surface area contributed by atoms with Crippen LogP contribution in [0.3, 0.4) is 0 Å². The number of hydrogen-bond donors (Lipinski definition) is 3. The molecule has 0 saturated heterocycles. The Morgan fingerprint density at radius 2 is 1.95 bits per heavy atom. The highest BCUT2D eigenvalue weighted by Crippen LogP contribution is 2.16. The zero-order chi connectivity index (χ0) is 16.2. The van der Waals surface area contributed by atoms with Crippen molar-refractivity contribution in [2.75, 3.05) is 12.3 Å². The molecule has 0 spiro atoms. The summed E-state index contributed by atoms with van der Waals surface area (Å²) in [5, 5.41) is 9.62. The van der Waals surface area contributed by atoms with Gasteiger partial charge in [-0.1, -0.05) is 20.8 Å². The summed E-state index contributed by atoms with van der Waals surface area (Å²) < 4.78 is 1.45. The molecule has 4 N–H and O–H groups in total. The fourth-order valence-electron chi connectivity index (χ4n) is 1.91. The van der Waals surface area contributed by atoms with Crippen LogP contribution >= 0.6 is 0 Å². The second kappa shape index (κ2) is 7.10. The third-order valence-corrected chi connectivity index (χ3v) is 3.14. The molecule has 1 aromatic heterocycles. The van der Waals surface area contributed by atoms with Gasteiger partial charge >= 0.3 is 0 Å². The predicted octanol–water partition coefficient (Wildman–Crippen LogP) is 0.455. The first kappa shape index (κ1) is 17.0. The quantitative estimate of drug-likeness (QED) is 0.709. The molecule has 0 saturated carbocycles. The van der Waals surface area contributed by atoms with E-state index in [9.17, 15) is 9.59 Å². The van der Waals surface area contributed by atoms with Gasteiger partial charge in [0.05, 0.1) is 11.4 Å². The van der Waals surface area contributed by atoms with Crippen LogP contribution in [0.1, 0.15) is 43.9 Å². The third kappa shape index (κ3) is 4.21. The van der Waals surface area contributed by atoms with Crippen LogP contribution in [0, 0.1) is 5.92 Å². The summed E-state index contributed by atoms with van der Waals surface area (Å²) in [6, 6.07) is -0.629. The maximum absolute atomic E-state index is 12.2. The Kier molecular flexibility index (Phi) is 5.75. The summed E-state index contributed by atoms with van der Waals surface area (Å²) in [6.45, 7) is 8.15. The van der Waals surface area contributed by atoms with Crippen LogP contribution in [0.2, 0.25) is 0 Å². The van der Waals surface area contributed by atoms with E-state index in [2.05, 4.69) is 15.7 Å². The van der Waals surface area contributed by atoms with Gasteiger partial charge in [-0.05, 0) is 19.3 Å². The normalized spacial score (nSPS) is 12.3. The van der Waals surface area contributed by atoms with E-state index < -0.39 is 11.9 Å². The van der Waals surface area contributed by atoms with Crippen molar-refractivity contribution in [3.05, 3.63) is 11.4 Å². The van der Waals surface area contributed by atoms with Crippen molar-refractivity contribution in [2.24, 2.45) is 13.0 Å². The first-order valence-corrected chi connectivity index (χ1v) is 7.17. The lowest BCUT2D eigenvalue weighted by Crippen LogP contribution is -2.46. The Morgan fingerprint density at radius 1 is 1.33 bits per heavy atom. The third-order valence-electron chi connectivity index (χ3n) is 3.14. The zero-order valence-corrected chi connectivity index (χ0v) is 13.4. The van der Waals surface area contributed by atoms with Gasteiger partial charge in [0.1, 0.15) is 11.7 Å². The molecule has 1 aromatic rings. The molecule has 0 aliphatic rings. The van der Waals surface area contributed by atoms with E-state index >= 15 is 0 Å². The average molecular weight is 295 g/mol. The molecule has 7 heteroatoms. The maximum Gasteiger partial charge on any atom is 0.272 e. The van der Waals surface area contributed by atoms with Gasteiger partial charge in [-0.25, -0.2) is 0 Å². The van der Waals surface area contributed by atoms with Crippen molar-refractivity contribution in [3.8, 4) is 0 Å². The summed E-state index contributed by atoms with van der Waals surface area (Å²) >= 11 is 0. The predicted molar refractivity (Wildman–Crippen MR) is 81.8 cm³/mol. The molecule has 1 rings (SSSR count). The van der Waals surface area contributed by atoms with E-state index in [4.69, 9.17) is 5.73 Å². The number of aromatic nitrogens is 2. The standard InChI is InChI=1S/C14H25N5O2/c1-6-10-11(15)12(19(5)18-10)14(21)17-9(4)13(20)16-7-8(2)3/h8-9H,6-7,15H2,1-5H3,(H,16,20)(H,17,21). The van der Waals surface area contributed by atoms with Crippen molar-refractivity contribution < 1.29 is 9.59 Å². The Hall–Kier alpha value is -2.05. The summed E-state index contributed by atoms with van der Waals surface area (Å²) in [6.07, 6.45) is 0.650. The molecule has 118 valence electrons. The molecule has 0 aliphatic carbocycles. The van der Waals surface area contributed by atoms with Crippen LogP contribution in [-0.2, 0) is 18.3 Å². The van der Waals surface area contributed by atoms with Crippen LogP contribution in [0.4, 0.5) is 5.69 Å². The second-order valence-electron chi connectivity index (χ2n) is 5.52. The van der Waals surface area contributed by atoms with Gasteiger partial charge in [-0.15, -0.1) is 0 Å². The van der Waals surface area contributed by atoms with Crippen molar-refractivity contribution in [1.82, 2.24) is 20.4 Å². The maximum atomic E-state index is 12.2. The van der Waals surface area contributed by atoms with Crippen molar-refractivity contribution >= 4 is 17.5 Å². The molecule has 0 fully saturated rings. The Labute approximate surface area is 125 Å². The van der Waals surface area contributed by atoms with E-state index in [0.29, 0.717) is 30.3 Å². The number of carbonyl (C=O) groups is 2. The lowest BCUT2D eigenvalue weighted by molar-refractivity contribution is -0.122. The summed E-state index contributed by atoms with van der Waals surface area (Å²) in [5.41, 5.74) is 7.26. The molecule has 21 heavy (non-hydrogen) atoms. The summed E-state index contributed by atoms with van der Waals surface area (Å²) in [7, 11) is 1.66. The van der Waals surface area contributed by atoms with Crippen molar-refractivity contribution in [1.29, 1.82) is 0 Å². The number of nitrogens with one attached hydrogen (secondary N) is 2. The summed E-state index contributed by atoms with van der Waals surface area (Å²) in [4.78, 5) is 24.1. The number of carbonyl (C=O) groups excluding carboxylic acids is 2. The molecule has 1 atom stereocenters. The number of nitrogens with two attached hydrogens (primary N) is 1. The van der Waals surface area contributed by atoms with Crippen molar-refractivity contribution in [3.63, 3.8) is 0 Å². The second-order valence-corrected chi connectivity index (χ2v) is 5.52. The monoisotopic (exact) mass is 295 g/mol. The molecular formula is C14H25N5O2. The fraction of sp³-hybridized carbons (Fsp3) is 0.643. The van der Waals surface area contributed by atoms with Gasteiger partial charge in [0.25, 0.3) is 5.91 Å². The highest BCUT2D eigenvalue weighted by molar-refractivity contribution is 6.00. The van der Waals surface area contributed by atoms with Crippen LogP contribution in [0.15, 0.2) is 0 Å². The van der Waals surface area contributed by atoms with Gasteiger partial charge in [0.2, 0.25) is 5.91 Å². The van der Waals surface area contributed by atoms with Crippen LogP contribution in [0.5, 0.6) is 0 Å². The van der Waals surface area contributed by atoms with E-state index in [0.717, 1.165) is 0 Å². The first-order chi connectivity index (χ1) is 9.77. The van der Waals surface area contributed by atoms with Crippen LogP contribution < -0.4 is 16.4 Å². The SMILES string of the molecule is CCc1nn(C)c(C(=O)NC(C)C(=O)NCC(C)C)c1N. The topological polar surface area (TPSA) is 102 Å². The van der Waals surface area contributed by atoms with Gasteiger partial charge in [0, 0.05) is 13.6 Å². The molecular weight excluding hydrogens is 270 g/mol. The smallest absolute Gasteiger partial charge is 0.272 e. The fourth-order valence-corrected chi connectivity index (χ4v) is 1.91. The number of nitrogen functional groups attached to an aromatic ring is 1. The number of hydrogen-bond acceptors (Lipinski definition) is 4. The van der Waals surface area contributed by atoms with E-state index in [1.54, 1.807) is 14.0 Å². The Balaban J connectivity index is 2.73. The lowest BCUT2D eigenvalue weighted by atomic mass is 10.2. The van der Waals surface area contributed by atoms with E-state index in [1.165, 1.54) is 4.68 Å². The number of nitrogens with zero attached hydrogens (tertiary/aromatic N) is 2. The molecule has 0 aliphatic heterocycles. The average Bonchev–Trinajstić information content (AvgIpc) is 2.70. The zero-order valence-electron chi connectivity index (χ0n) is 13.4. The van der Waals surface area contributed by atoms with Crippen LogP contribution in [0.25, 0.3) is 0 Å². The molecule has 1 heterocycles. The first-order valence-electron chi connectivity index (χ1n) is 7.17. The number of aryl methyl sites for hydroxylation is 2. The van der Waals surface area contributed by atoms with Gasteiger partial charge in [-0.3, -0.25) is 14.3 Å². The minimum Gasteiger partial charge on any atom is -0.395 e. The highest BCUT2D eigenvalue weighted by Gasteiger charge is 2.22. The molecule has 2 amide bonds. The minimum atomic E-state index is -0.629.